The van der Waals surface area contributed by atoms with E-state index in [1.165, 1.54) is 111 Å². The van der Waals surface area contributed by atoms with Gasteiger partial charge in [0, 0.05) is 132 Å². The highest BCUT2D eigenvalue weighted by atomic mass is 16.5. The van der Waals surface area contributed by atoms with E-state index in [1.807, 2.05) is 0 Å². The van der Waals surface area contributed by atoms with E-state index in [9.17, 15) is 0 Å². The predicted molar refractivity (Wildman–Crippen MR) is 193 cm³/mol. The Morgan fingerprint density at radius 2 is 1.32 bits per heavy atom. The SMILES string of the molecule is CC(C)N1CC(CC2CN(C(C)CC(C)N3CCN(C4CC4)CC3)CCN2C2COC2)N(C)C(CC23CC(CN2C)N(C(C)C)C3)C1. The summed E-state index contributed by atoms with van der Waals surface area (Å²) in [5.41, 5.74) is 0.339. The summed E-state index contributed by atoms with van der Waals surface area (Å²) in [6, 6.07) is 6.66. The van der Waals surface area contributed by atoms with Crippen LogP contribution in [-0.4, -0.2) is 204 Å². The summed E-state index contributed by atoms with van der Waals surface area (Å²) in [5, 5.41) is 0. The summed E-state index contributed by atoms with van der Waals surface area (Å²) < 4.78 is 5.78. The molecule has 270 valence electrons. The number of piperazine rings is 4. The van der Waals surface area contributed by atoms with Crippen LogP contribution in [0, 0.1) is 0 Å². The Hall–Kier alpha value is -0.360. The number of likely N-dealkylation sites (tertiary alicyclic amines) is 2. The second-order valence-corrected chi connectivity index (χ2v) is 18.0. The normalized spacial score (nSPS) is 38.2. The van der Waals surface area contributed by atoms with Crippen LogP contribution in [-0.2, 0) is 4.74 Å². The molecule has 0 radical (unpaired) electrons. The summed E-state index contributed by atoms with van der Waals surface area (Å²) in [6.45, 7) is 30.2. The van der Waals surface area contributed by atoms with Crippen LogP contribution < -0.4 is 0 Å². The van der Waals surface area contributed by atoms with Gasteiger partial charge in [0.15, 0.2) is 0 Å². The molecule has 0 aromatic carbocycles. The Balaban J connectivity index is 1.01. The van der Waals surface area contributed by atoms with Crippen LogP contribution in [0.25, 0.3) is 0 Å². The largest absolute Gasteiger partial charge is 0.378 e. The lowest BCUT2D eigenvalue weighted by molar-refractivity contribution is -0.108. The zero-order valence-electron chi connectivity index (χ0n) is 31.7. The van der Waals surface area contributed by atoms with Crippen LogP contribution in [0.2, 0.25) is 0 Å². The Bertz CT molecular complexity index is 1030. The molecule has 0 aromatic heterocycles. The van der Waals surface area contributed by atoms with Gasteiger partial charge in [-0.25, -0.2) is 0 Å². The van der Waals surface area contributed by atoms with Gasteiger partial charge in [-0.15, -0.1) is 0 Å². The quantitative estimate of drug-likeness (QED) is 0.315. The maximum Gasteiger partial charge on any atom is 0.0645 e. The van der Waals surface area contributed by atoms with Crippen molar-refractivity contribution in [3.8, 4) is 0 Å². The van der Waals surface area contributed by atoms with Crippen molar-refractivity contribution in [2.24, 2.45) is 0 Å². The van der Waals surface area contributed by atoms with Crippen LogP contribution >= 0.6 is 0 Å². The van der Waals surface area contributed by atoms with Crippen molar-refractivity contribution in [1.29, 1.82) is 0 Å². The average Bonchev–Trinajstić information content (AvgIpc) is 3.74. The van der Waals surface area contributed by atoms with Gasteiger partial charge in [-0.3, -0.25) is 39.2 Å². The molecular formula is C38H72N8O. The molecule has 9 heteroatoms. The second-order valence-electron chi connectivity index (χ2n) is 18.0. The van der Waals surface area contributed by atoms with E-state index in [2.05, 4.69) is 94.8 Å². The first-order valence-electron chi connectivity index (χ1n) is 20.0. The van der Waals surface area contributed by atoms with E-state index in [-0.39, 0.29) is 0 Å². The van der Waals surface area contributed by atoms with Crippen LogP contribution in [0.3, 0.4) is 0 Å². The minimum Gasteiger partial charge on any atom is -0.378 e. The Morgan fingerprint density at radius 1 is 0.660 bits per heavy atom. The smallest absolute Gasteiger partial charge is 0.0645 e. The highest BCUT2D eigenvalue weighted by molar-refractivity contribution is 5.13. The third kappa shape index (κ3) is 7.36. The summed E-state index contributed by atoms with van der Waals surface area (Å²) in [5.74, 6) is 0. The number of likely N-dealkylation sites (N-methyl/N-ethyl adjacent to an activating group) is 2. The lowest BCUT2D eigenvalue weighted by Gasteiger charge is -2.54. The second kappa shape index (κ2) is 14.3. The van der Waals surface area contributed by atoms with Gasteiger partial charge in [-0.2, -0.15) is 0 Å². The van der Waals surface area contributed by atoms with Gasteiger partial charge in [-0.1, -0.05) is 0 Å². The molecule has 0 N–H and O–H groups in total. The molecule has 0 amide bonds. The van der Waals surface area contributed by atoms with Gasteiger partial charge >= 0.3 is 0 Å². The number of hydrogen-bond acceptors (Lipinski definition) is 9. The van der Waals surface area contributed by atoms with Crippen molar-refractivity contribution in [3.63, 3.8) is 0 Å². The first kappa shape index (κ1) is 35.1. The molecule has 7 atom stereocenters. The molecule has 1 aliphatic carbocycles. The average molecular weight is 657 g/mol. The fraction of sp³-hybridized carbons (Fsp3) is 1.00. The lowest BCUT2D eigenvalue weighted by Crippen LogP contribution is -2.66. The summed E-state index contributed by atoms with van der Waals surface area (Å²) in [7, 11) is 4.92. The molecule has 1 saturated carbocycles. The molecule has 2 bridgehead atoms. The Kier molecular flexibility index (Phi) is 10.7. The predicted octanol–water partition coefficient (Wildman–Crippen LogP) is 2.66. The van der Waals surface area contributed by atoms with Crippen LogP contribution in [0.5, 0.6) is 0 Å². The zero-order valence-corrected chi connectivity index (χ0v) is 31.7. The number of fused-ring (bicyclic) bond motifs is 2. The van der Waals surface area contributed by atoms with Crippen LogP contribution in [0.1, 0.15) is 80.1 Å². The molecule has 7 unspecified atom stereocenters. The first-order valence-corrected chi connectivity index (χ1v) is 20.0. The fourth-order valence-corrected chi connectivity index (χ4v) is 10.9. The van der Waals surface area contributed by atoms with Crippen molar-refractivity contribution < 1.29 is 4.74 Å². The molecule has 0 spiro atoms. The molecule has 7 fully saturated rings. The molecule has 7 aliphatic rings. The topological polar surface area (TPSA) is 35.2 Å². The molecule has 0 aromatic rings. The monoisotopic (exact) mass is 657 g/mol. The highest BCUT2D eigenvalue weighted by Crippen LogP contribution is 2.44. The van der Waals surface area contributed by atoms with Crippen molar-refractivity contribution in [1.82, 2.24) is 39.2 Å². The first-order chi connectivity index (χ1) is 22.5. The van der Waals surface area contributed by atoms with Gasteiger partial charge in [0.1, 0.15) is 0 Å². The third-order valence-corrected chi connectivity index (χ3v) is 14.4. The van der Waals surface area contributed by atoms with Gasteiger partial charge < -0.3 is 4.74 Å². The van der Waals surface area contributed by atoms with E-state index in [1.54, 1.807) is 0 Å². The van der Waals surface area contributed by atoms with Gasteiger partial charge in [0.25, 0.3) is 0 Å². The minimum absolute atomic E-state index is 0.339. The summed E-state index contributed by atoms with van der Waals surface area (Å²) in [4.78, 5) is 22.6. The van der Waals surface area contributed by atoms with Crippen molar-refractivity contribution in [3.05, 3.63) is 0 Å². The zero-order chi connectivity index (χ0) is 33.0. The lowest BCUT2D eigenvalue weighted by atomic mass is 9.86. The number of nitrogens with zero attached hydrogens (tertiary/aromatic N) is 8. The number of hydrogen-bond donors (Lipinski definition) is 0. The molecule has 6 saturated heterocycles. The van der Waals surface area contributed by atoms with E-state index in [0.29, 0.717) is 53.9 Å². The molecular weight excluding hydrogens is 584 g/mol. The van der Waals surface area contributed by atoms with E-state index < -0.39 is 0 Å². The summed E-state index contributed by atoms with van der Waals surface area (Å²) in [6.07, 6.45) is 8.11. The minimum atomic E-state index is 0.339. The standard InChI is InChI=1S/C38H72N8O/c1-28(2)44-22-33(40(8)35(24-44)19-38-20-36(21-39(38)7)46(27-38)29(3)4)18-34-23-43(15-16-45(34)37-25-47-26-37)31(6)17-30(5)41-11-13-42(14-12-41)32-9-10-32/h28-37H,9-27H2,1-8H3. The van der Waals surface area contributed by atoms with E-state index in [0.717, 1.165) is 25.3 Å². The third-order valence-electron chi connectivity index (χ3n) is 14.4. The maximum atomic E-state index is 5.78. The molecule has 6 heterocycles. The summed E-state index contributed by atoms with van der Waals surface area (Å²) >= 11 is 0. The molecule has 7 rings (SSSR count). The molecule has 6 aliphatic heterocycles. The van der Waals surface area contributed by atoms with Crippen molar-refractivity contribution in [2.45, 2.75) is 146 Å². The van der Waals surface area contributed by atoms with Crippen LogP contribution in [0.15, 0.2) is 0 Å². The van der Waals surface area contributed by atoms with Crippen molar-refractivity contribution in [2.75, 3.05) is 99.3 Å². The highest BCUT2D eigenvalue weighted by Gasteiger charge is 2.55. The Labute approximate surface area is 288 Å². The van der Waals surface area contributed by atoms with Crippen LogP contribution in [0.4, 0.5) is 0 Å². The fourth-order valence-electron chi connectivity index (χ4n) is 10.9. The van der Waals surface area contributed by atoms with E-state index >= 15 is 0 Å². The maximum absolute atomic E-state index is 5.78. The van der Waals surface area contributed by atoms with E-state index in [4.69, 9.17) is 4.74 Å². The van der Waals surface area contributed by atoms with Crippen molar-refractivity contribution >= 4 is 0 Å². The van der Waals surface area contributed by atoms with Gasteiger partial charge in [0.2, 0.25) is 0 Å². The molecule has 47 heavy (non-hydrogen) atoms. The van der Waals surface area contributed by atoms with Gasteiger partial charge in [0.05, 0.1) is 19.3 Å². The Morgan fingerprint density at radius 3 is 1.96 bits per heavy atom. The van der Waals surface area contributed by atoms with Gasteiger partial charge in [-0.05, 0) is 94.2 Å². The number of ether oxygens (including phenoxy) is 1. The number of rotatable bonds is 12. The molecule has 9 nitrogen and oxygen atoms in total.